The summed E-state index contributed by atoms with van der Waals surface area (Å²) in [4.78, 5) is 9.89. The molecule has 4 heterocycles. The summed E-state index contributed by atoms with van der Waals surface area (Å²) in [6, 6.07) is 8.00. The van der Waals surface area contributed by atoms with Crippen LogP contribution in [0.25, 0.3) is 20.5 Å². The van der Waals surface area contributed by atoms with Crippen LogP contribution >= 0.6 is 34.0 Å². The molecule has 0 amide bonds. The number of hydrogen-bond acceptors (Lipinski definition) is 8. The Kier molecular flexibility index (Phi) is 4.10. The number of nitrogens with one attached hydrogen (secondary N) is 1. The van der Waals surface area contributed by atoms with E-state index in [0.717, 1.165) is 31.3 Å². The first-order valence-corrected chi connectivity index (χ1v) is 9.42. The van der Waals surface area contributed by atoms with Gasteiger partial charge in [-0.2, -0.15) is 0 Å². The van der Waals surface area contributed by atoms with Gasteiger partial charge in [0.1, 0.15) is 5.01 Å². The maximum absolute atomic E-state index is 4.63. The molecular weight excluding hydrogens is 346 g/mol. The summed E-state index contributed by atoms with van der Waals surface area (Å²) in [6.45, 7) is 0.635. The predicted octanol–water partition coefficient (Wildman–Crippen LogP) is 4.40. The molecule has 0 aliphatic heterocycles. The van der Waals surface area contributed by atoms with Gasteiger partial charge in [0.25, 0.3) is 0 Å². The summed E-state index contributed by atoms with van der Waals surface area (Å²) in [6.07, 6.45) is 3.59. The lowest BCUT2D eigenvalue weighted by Gasteiger charge is -1.97. The minimum absolute atomic E-state index is 0.635. The maximum Gasteiger partial charge on any atom is 0.206 e. The average Bonchev–Trinajstić information content (AvgIpc) is 3.33. The molecule has 0 atom stereocenters. The number of thiophene rings is 1. The summed E-state index contributed by atoms with van der Waals surface area (Å²) in [5.41, 5.74) is 2.03. The number of rotatable bonds is 5. The summed E-state index contributed by atoms with van der Waals surface area (Å²) < 4.78 is 0. The van der Waals surface area contributed by atoms with E-state index in [4.69, 9.17) is 0 Å². The van der Waals surface area contributed by atoms with E-state index in [1.54, 1.807) is 40.2 Å². The minimum Gasteiger partial charge on any atom is -0.354 e. The van der Waals surface area contributed by atoms with E-state index in [-0.39, 0.29) is 0 Å². The Labute approximate surface area is 144 Å². The predicted molar refractivity (Wildman–Crippen MR) is 95.9 cm³/mol. The normalized spacial score (nSPS) is 10.8. The fourth-order valence-corrected chi connectivity index (χ4v) is 4.31. The van der Waals surface area contributed by atoms with Gasteiger partial charge in [-0.05, 0) is 23.6 Å². The first-order chi connectivity index (χ1) is 11.4. The highest BCUT2D eigenvalue weighted by molar-refractivity contribution is 7.22. The van der Waals surface area contributed by atoms with Crippen LogP contribution in [-0.4, -0.2) is 20.2 Å². The first-order valence-electron chi connectivity index (χ1n) is 6.84. The van der Waals surface area contributed by atoms with Crippen molar-refractivity contribution in [1.29, 1.82) is 0 Å². The van der Waals surface area contributed by atoms with Crippen LogP contribution < -0.4 is 5.32 Å². The van der Waals surface area contributed by atoms with Crippen molar-refractivity contribution in [3.63, 3.8) is 0 Å². The number of pyridine rings is 1. The molecule has 5 nitrogen and oxygen atoms in total. The number of hydrogen-bond donors (Lipinski definition) is 1. The monoisotopic (exact) mass is 357 g/mol. The van der Waals surface area contributed by atoms with Gasteiger partial charge in [-0.3, -0.25) is 4.98 Å². The highest BCUT2D eigenvalue weighted by atomic mass is 32.1. The van der Waals surface area contributed by atoms with Crippen molar-refractivity contribution in [2.24, 2.45) is 0 Å². The molecule has 4 aromatic heterocycles. The fraction of sp³-hybridized carbons (Fsp3) is 0.0667. The second kappa shape index (κ2) is 6.53. The van der Waals surface area contributed by atoms with E-state index in [2.05, 4.69) is 36.9 Å². The Morgan fingerprint density at radius 2 is 2.04 bits per heavy atom. The van der Waals surface area contributed by atoms with Crippen LogP contribution in [0.15, 0.2) is 47.4 Å². The largest absolute Gasteiger partial charge is 0.354 e. The van der Waals surface area contributed by atoms with E-state index < -0.39 is 0 Å². The van der Waals surface area contributed by atoms with E-state index in [0.29, 0.717) is 6.54 Å². The zero-order valence-electron chi connectivity index (χ0n) is 11.8. The van der Waals surface area contributed by atoms with Gasteiger partial charge in [0.05, 0.1) is 17.1 Å². The van der Waals surface area contributed by atoms with Crippen LogP contribution in [0.2, 0.25) is 0 Å². The highest BCUT2D eigenvalue weighted by Gasteiger charge is 2.09. The van der Waals surface area contributed by atoms with Crippen molar-refractivity contribution in [2.45, 2.75) is 6.54 Å². The molecule has 4 rings (SSSR count). The maximum atomic E-state index is 4.63. The van der Waals surface area contributed by atoms with Gasteiger partial charge in [0.2, 0.25) is 5.13 Å². The van der Waals surface area contributed by atoms with Crippen LogP contribution in [-0.2, 0) is 6.54 Å². The third kappa shape index (κ3) is 3.29. The molecule has 0 fully saturated rings. The molecule has 8 heteroatoms. The van der Waals surface area contributed by atoms with E-state index in [1.807, 2.05) is 29.8 Å². The Hall–Kier alpha value is -2.16. The summed E-state index contributed by atoms with van der Waals surface area (Å²) in [7, 11) is 0. The van der Waals surface area contributed by atoms with Gasteiger partial charge >= 0.3 is 0 Å². The second-order valence-corrected chi connectivity index (χ2v) is 7.41. The molecule has 0 unspecified atom stereocenters. The van der Waals surface area contributed by atoms with Crippen molar-refractivity contribution < 1.29 is 0 Å². The molecule has 0 radical (unpaired) electrons. The number of aromatic nitrogens is 4. The Balaban J connectivity index is 1.43. The molecule has 23 heavy (non-hydrogen) atoms. The molecule has 0 saturated heterocycles. The number of thiazole rings is 1. The van der Waals surface area contributed by atoms with Crippen molar-refractivity contribution in [3.05, 3.63) is 53.1 Å². The lowest BCUT2D eigenvalue weighted by molar-refractivity contribution is 1.03. The van der Waals surface area contributed by atoms with Crippen LogP contribution in [0.4, 0.5) is 5.13 Å². The Morgan fingerprint density at radius 1 is 1.04 bits per heavy atom. The molecule has 0 saturated carbocycles. The zero-order valence-corrected chi connectivity index (χ0v) is 14.3. The minimum atomic E-state index is 0.635. The molecule has 0 aliphatic rings. The van der Waals surface area contributed by atoms with Crippen LogP contribution in [0.5, 0.6) is 0 Å². The third-order valence-corrected chi connectivity index (χ3v) is 5.90. The molecule has 0 spiro atoms. The molecule has 0 aromatic carbocycles. The van der Waals surface area contributed by atoms with Gasteiger partial charge < -0.3 is 5.32 Å². The van der Waals surface area contributed by atoms with Gasteiger partial charge in [0.15, 0.2) is 5.01 Å². The smallest absolute Gasteiger partial charge is 0.206 e. The second-order valence-electron chi connectivity index (χ2n) is 4.63. The van der Waals surface area contributed by atoms with E-state index in [9.17, 15) is 0 Å². The van der Waals surface area contributed by atoms with Crippen molar-refractivity contribution in [1.82, 2.24) is 20.2 Å². The van der Waals surface area contributed by atoms with Crippen LogP contribution in [0.1, 0.15) is 5.69 Å². The number of anilines is 1. The lowest BCUT2D eigenvalue weighted by atomic mass is 10.3. The quantitative estimate of drug-likeness (QED) is 0.574. The van der Waals surface area contributed by atoms with Gasteiger partial charge in [-0.25, -0.2) is 4.98 Å². The summed E-state index contributed by atoms with van der Waals surface area (Å²) in [5, 5.41) is 18.5. The lowest BCUT2D eigenvalue weighted by Crippen LogP contribution is -1.99. The van der Waals surface area contributed by atoms with Gasteiger partial charge in [-0.1, -0.05) is 17.4 Å². The molecule has 114 valence electrons. The Morgan fingerprint density at radius 3 is 2.87 bits per heavy atom. The summed E-state index contributed by atoms with van der Waals surface area (Å²) >= 11 is 4.84. The first kappa shape index (κ1) is 14.4. The average molecular weight is 357 g/mol. The van der Waals surface area contributed by atoms with Gasteiger partial charge in [-0.15, -0.1) is 32.9 Å². The molecular formula is C15H11N5S3. The topological polar surface area (TPSA) is 63.6 Å². The standard InChI is InChI=1S/C15H11N5S3/c1-3-10(7-16-5-1)13-18-11(9-22-13)8-17-15-20-19-14(23-15)12-4-2-6-21-12/h1-7,9H,8H2,(H,17,20). The number of nitrogens with zero attached hydrogens (tertiary/aromatic N) is 4. The van der Waals surface area contributed by atoms with Gasteiger partial charge in [0, 0.05) is 23.3 Å². The Bertz CT molecular complexity index is 883. The SMILES string of the molecule is c1cncc(-c2nc(CNc3nnc(-c4cccs4)s3)cs2)c1. The van der Waals surface area contributed by atoms with Crippen molar-refractivity contribution in [3.8, 4) is 20.5 Å². The van der Waals surface area contributed by atoms with Crippen molar-refractivity contribution in [2.75, 3.05) is 5.32 Å². The molecule has 0 bridgehead atoms. The van der Waals surface area contributed by atoms with Crippen LogP contribution in [0.3, 0.4) is 0 Å². The van der Waals surface area contributed by atoms with E-state index in [1.165, 1.54) is 0 Å². The fourth-order valence-electron chi connectivity index (χ4n) is 1.97. The summed E-state index contributed by atoms with van der Waals surface area (Å²) in [5.74, 6) is 0. The zero-order chi connectivity index (χ0) is 15.5. The molecule has 1 N–H and O–H groups in total. The van der Waals surface area contributed by atoms with Crippen LogP contribution in [0, 0.1) is 0 Å². The van der Waals surface area contributed by atoms with E-state index >= 15 is 0 Å². The molecule has 4 aromatic rings. The third-order valence-electron chi connectivity index (χ3n) is 3.04. The van der Waals surface area contributed by atoms with Crippen molar-refractivity contribution >= 4 is 39.1 Å². The molecule has 0 aliphatic carbocycles. The highest BCUT2D eigenvalue weighted by Crippen LogP contribution is 2.30.